The largest absolute Gasteiger partial charge is 0.309 e. The van der Waals surface area contributed by atoms with Gasteiger partial charge in [-0.25, -0.2) is 13.1 Å². The quantitative estimate of drug-likeness (QED) is 0.873. The third-order valence-electron chi connectivity index (χ3n) is 3.49. The van der Waals surface area contributed by atoms with Gasteiger partial charge < -0.3 is 5.32 Å². The average Bonchev–Trinajstić information content (AvgIpc) is 2.93. The molecular weight excluding hydrogens is 352 g/mol. The van der Waals surface area contributed by atoms with E-state index in [1.54, 1.807) is 24.3 Å². The molecule has 0 unspecified atom stereocenters. The lowest BCUT2D eigenvalue weighted by Gasteiger charge is -2.09. The molecule has 0 amide bonds. The van der Waals surface area contributed by atoms with E-state index in [2.05, 4.69) is 38.1 Å². The van der Waals surface area contributed by atoms with Crippen LogP contribution in [-0.4, -0.2) is 8.42 Å². The highest BCUT2D eigenvalue weighted by Crippen LogP contribution is 2.22. The van der Waals surface area contributed by atoms with Crippen molar-refractivity contribution in [3.63, 3.8) is 0 Å². The number of fused-ring (bicyclic) bond motifs is 1. The molecule has 0 saturated heterocycles. The van der Waals surface area contributed by atoms with Crippen LogP contribution in [0, 0.1) is 0 Å². The van der Waals surface area contributed by atoms with Gasteiger partial charge in [-0.1, -0.05) is 30.3 Å². The first kappa shape index (κ1) is 14.7. The highest BCUT2D eigenvalue weighted by atomic mass is 79.9. The molecule has 4 nitrogen and oxygen atoms in total. The SMILES string of the molecule is O=S(=O)(NCc1ccc2c(c1)CNC2)c1ccccc1Br. The number of rotatable bonds is 4. The van der Waals surface area contributed by atoms with Crippen LogP contribution >= 0.6 is 15.9 Å². The first-order valence-electron chi connectivity index (χ1n) is 6.62. The summed E-state index contributed by atoms with van der Waals surface area (Å²) in [6, 6.07) is 12.9. The van der Waals surface area contributed by atoms with Crippen molar-refractivity contribution in [2.24, 2.45) is 0 Å². The fourth-order valence-corrected chi connectivity index (χ4v) is 4.40. The van der Waals surface area contributed by atoms with Crippen molar-refractivity contribution in [3.8, 4) is 0 Å². The average molecular weight is 367 g/mol. The van der Waals surface area contributed by atoms with Crippen LogP contribution in [0.3, 0.4) is 0 Å². The monoisotopic (exact) mass is 366 g/mol. The Morgan fingerprint density at radius 3 is 2.67 bits per heavy atom. The molecule has 0 aromatic heterocycles. The first-order valence-corrected chi connectivity index (χ1v) is 8.89. The Kier molecular flexibility index (Phi) is 4.12. The van der Waals surface area contributed by atoms with E-state index in [9.17, 15) is 8.42 Å². The molecule has 0 spiro atoms. The first-order chi connectivity index (χ1) is 10.1. The van der Waals surface area contributed by atoms with E-state index >= 15 is 0 Å². The summed E-state index contributed by atoms with van der Waals surface area (Å²) in [7, 11) is -3.52. The van der Waals surface area contributed by atoms with Crippen LogP contribution in [0.4, 0.5) is 0 Å². The summed E-state index contributed by atoms with van der Waals surface area (Å²) in [5, 5.41) is 3.28. The third-order valence-corrected chi connectivity index (χ3v) is 5.91. The van der Waals surface area contributed by atoms with Crippen LogP contribution in [0.2, 0.25) is 0 Å². The van der Waals surface area contributed by atoms with Crippen molar-refractivity contribution >= 4 is 26.0 Å². The van der Waals surface area contributed by atoms with Gasteiger partial charge in [0.05, 0.1) is 4.90 Å². The molecule has 21 heavy (non-hydrogen) atoms. The maximum atomic E-state index is 12.3. The Bertz CT molecular complexity index is 775. The Morgan fingerprint density at radius 2 is 1.86 bits per heavy atom. The van der Waals surface area contributed by atoms with E-state index in [0.29, 0.717) is 4.47 Å². The lowest BCUT2D eigenvalue weighted by Crippen LogP contribution is -2.23. The number of nitrogens with one attached hydrogen (secondary N) is 2. The molecule has 6 heteroatoms. The van der Waals surface area contributed by atoms with Crippen molar-refractivity contribution in [2.75, 3.05) is 0 Å². The second-order valence-corrected chi connectivity index (χ2v) is 7.55. The van der Waals surface area contributed by atoms with Crippen molar-refractivity contribution in [2.45, 2.75) is 24.5 Å². The van der Waals surface area contributed by atoms with Crippen molar-refractivity contribution in [1.82, 2.24) is 10.0 Å². The Balaban J connectivity index is 1.77. The van der Waals surface area contributed by atoms with Crippen molar-refractivity contribution in [1.29, 1.82) is 0 Å². The fourth-order valence-electron chi connectivity index (χ4n) is 2.38. The van der Waals surface area contributed by atoms with Gasteiger partial charge in [0.2, 0.25) is 10.0 Å². The molecule has 0 fully saturated rings. The second kappa shape index (κ2) is 5.88. The Hall–Kier alpha value is -1.21. The molecule has 1 heterocycles. The van der Waals surface area contributed by atoms with E-state index in [0.717, 1.165) is 18.7 Å². The number of halogens is 1. The van der Waals surface area contributed by atoms with Crippen LogP contribution < -0.4 is 10.0 Å². The molecule has 1 aliphatic heterocycles. The normalized spacial score (nSPS) is 14.1. The van der Waals surface area contributed by atoms with Crippen LogP contribution in [0.1, 0.15) is 16.7 Å². The summed E-state index contributed by atoms with van der Waals surface area (Å²) < 4.78 is 27.8. The van der Waals surface area contributed by atoms with E-state index in [-0.39, 0.29) is 11.4 Å². The number of sulfonamides is 1. The standard InChI is InChI=1S/C15H15BrN2O2S/c16-14-3-1-2-4-15(14)21(19,20)18-8-11-5-6-12-9-17-10-13(12)7-11/h1-7,17-18H,8-10H2. The predicted octanol–water partition coefficient (Wildman–Crippen LogP) is 2.53. The minimum Gasteiger partial charge on any atom is -0.309 e. The highest BCUT2D eigenvalue weighted by Gasteiger charge is 2.17. The molecule has 0 aliphatic carbocycles. The van der Waals surface area contributed by atoms with Gasteiger partial charge in [-0.15, -0.1) is 0 Å². The van der Waals surface area contributed by atoms with Crippen molar-refractivity contribution in [3.05, 3.63) is 63.6 Å². The maximum absolute atomic E-state index is 12.3. The van der Waals surface area contributed by atoms with E-state index < -0.39 is 10.0 Å². The Morgan fingerprint density at radius 1 is 1.10 bits per heavy atom. The summed E-state index contributed by atoms with van der Waals surface area (Å²) in [6.07, 6.45) is 0. The van der Waals surface area contributed by atoms with Crippen molar-refractivity contribution < 1.29 is 8.42 Å². The van der Waals surface area contributed by atoms with Gasteiger partial charge in [-0.3, -0.25) is 0 Å². The summed E-state index contributed by atoms with van der Waals surface area (Å²) in [4.78, 5) is 0.257. The smallest absolute Gasteiger partial charge is 0.241 e. The molecule has 2 N–H and O–H groups in total. The molecule has 0 saturated carbocycles. The van der Waals surface area contributed by atoms with Crippen LogP contribution in [0.15, 0.2) is 51.8 Å². The predicted molar refractivity (Wildman–Crippen MR) is 85.2 cm³/mol. The van der Waals surface area contributed by atoms with Crippen LogP contribution in [0.5, 0.6) is 0 Å². The van der Waals surface area contributed by atoms with Gasteiger partial charge in [0.1, 0.15) is 0 Å². The number of hydrogen-bond acceptors (Lipinski definition) is 3. The molecule has 2 aromatic rings. The maximum Gasteiger partial charge on any atom is 0.241 e. The highest BCUT2D eigenvalue weighted by molar-refractivity contribution is 9.10. The van der Waals surface area contributed by atoms with Crippen LogP contribution in [-0.2, 0) is 29.7 Å². The zero-order valence-electron chi connectivity index (χ0n) is 11.3. The molecule has 0 atom stereocenters. The molecule has 110 valence electrons. The number of benzene rings is 2. The topological polar surface area (TPSA) is 58.2 Å². The molecular formula is C15H15BrN2O2S. The van der Waals surface area contributed by atoms with Gasteiger partial charge in [0, 0.05) is 24.1 Å². The van der Waals surface area contributed by atoms with Gasteiger partial charge >= 0.3 is 0 Å². The van der Waals surface area contributed by atoms with E-state index in [4.69, 9.17) is 0 Å². The summed E-state index contributed by atoms with van der Waals surface area (Å²) in [5.41, 5.74) is 3.49. The minimum atomic E-state index is -3.52. The summed E-state index contributed by atoms with van der Waals surface area (Å²) in [6.45, 7) is 2.02. The zero-order chi connectivity index (χ0) is 14.9. The number of hydrogen-bond donors (Lipinski definition) is 2. The summed E-state index contributed by atoms with van der Waals surface area (Å²) in [5.74, 6) is 0. The van der Waals surface area contributed by atoms with Gasteiger partial charge in [0.25, 0.3) is 0 Å². The molecule has 2 aromatic carbocycles. The lowest BCUT2D eigenvalue weighted by atomic mass is 10.1. The second-order valence-electron chi connectivity index (χ2n) is 4.96. The van der Waals surface area contributed by atoms with E-state index in [1.807, 2.05) is 6.07 Å². The molecule has 3 rings (SSSR count). The van der Waals surface area contributed by atoms with Crippen LogP contribution in [0.25, 0.3) is 0 Å². The van der Waals surface area contributed by atoms with Gasteiger partial charge in [-0.05, 0) is 44.8 Å². The fraction of sp³-hybridized carbons (Fsp3) is 0.200. The third kappa shape index (κ3) is 3.18. The Labute approximate surface area is 132 Å². The minimum absolute atomic E-state index is 0.257. The summed E-state index contributed by atoms with van der Waals surface area (Å²) >= 11 is 3.27. The molecule has 1 aliphatic rings. The molecule has 0 radical (unpaired) electrons. The van der Waals surface area contributed by atoms with E-state index in [1.165, 1.54) is 11.1 Å². The molecule has 0 bridgehead atoms. The van der Waals surface area contributed by atoms with Gasteiger partial charge in [-0.2, -0.15) is 0 Å². The van der Waals surface area contributed by atoms with Gasteiger partial charge in [0.15, 0.2) is 0 Å². The zero-order valence-corrected chi connectivity index (χ0v) is 13.7. The lowest BCUT2D eigenvalue weighted by molar-refractivity contribution is 0.581.